The predicted molar refractivity (Wildman–Crippen MR) is 117 cm³/mol. The molecule has 0 aliphatic rings. The van der Waals surface area contributed by atoms with Gasteiger partial charge in [-0.05, 0) is 28.8 Å². The summed E-state index contributed by atoms with van der Waals surface area (Å²) >= 11 is 1.52. The molecule has 5 rings (SSSR count). The molecule has 0 atom stereocenters. The number of hydrogen-bond donors (Lipinski definition) is 0. The number of thiophene rings is 1. The van der Waals surface area contributed by atoms with Crippen molar-refractivity contribution in [2.24, 2.45) is 0 Å². The Labute approximate surface area is 166 Å². The topological polar surface area (TPSA) is 34.9 Å². The second-order valence-corrected chi connectivity index (χ2v) is 7.88. The van der Waals surface area contributed by atoms with Crippen LogP contribution in [0.1, 0.15) is 11.1 Å². The first kappa shape index (κ1) is 16.9. The fourth-order valence-electron chi connectivity index (χ4n) is 3.75. The Balaban J connectivity index is 1.70. The third-order valence-electron chi connectivity index (χ3n) is 5.08. The third-order valence-corrected chi connectivity index (χ3v) is 5.96. The molecular weight excluding hydrogens is 364 g/mol. The Morgan fingerprint density at radius 1 is 0.964 bits per heavy atom. The average Bonchev–Trinajstić information content (AvgIpc) is 3.14. The molecule has 0 fully saturated rings. The second kappa shape index (κ2) is 6.73. The fraction of sp³-hybridized carbons (Fsp3) is 0.0833. The Morgan fingerprint density at radius 3 is 2.68 bits per heavy atom. The average molecular weight is 382 g/mol. The van der Waals surface area contributed by atoms with Crippen molar-refractivity contribution >= 4 is 32.3 Å². The minimum Gasteiger partial charge on any atom is -0.294 e. The minimum atomic E-state index is 0.00990. The van der Waals surface area contributed by atoms with Gasteiger partial charge in [0, 0.05) is 10.9 Å². The van der Waals surface area contributed by atoms with E-state index in [1.165, 1.54) is 22.3 Å². The highest BCUT2D eigenvalue weighted by Gasteiger charge is 2.15. The maximum absolute atomic E-state index is 13.3. The van der Waals surface area contributed by atoms with Gasteiger partial charge in [-0.3, -0.25) is 9.36 Å². The third kappa shape index (κ3) is 2.83. The van der Waals surface area contributed by atoms with Gasteiger partial charge in [-0.2, -0.15) is 0 Å². The van der Waals surface area contributed by atoms with Crippen molar-refractivity contribution in [3.05, 3.63) is 99.9 Å². The van der Waals surface area contributed by atoms with Crippen molar-refractivity contribution in [1.82, 2.24) is 9.55 Å². The highest BCUT2D eigenvalue weighted by atomic mass is 32.1. The molecule has 2 heterocycles. The first-order chi connectivity index (χ1) is 13.7. The van der Waals surface area contributed by atoms with E-state index >= 15 is 0 Å². The molecule has 3 nitrogen and oxygen atoms in total. The van der Waals surface area contributed by atoms with E-state index in [1.807, 2.05) is 30.3 Å². The molecule has 5 aromatic rings. The molecule has 136 valence electrons. The van der Waals surface area contributed by atoms with Gasteiger partial charge in [-0.1, -0.05) is 72.3 Å². The quantitative estimate of drug-likeness (QED) is 0.405. The van der Waals surface area contributed by atoms with Crippen molar-refractivity contribution in [2.75, 3.05) is 0 Å². The second-order valence-electron chi connectivity index (χ2n) is 7.02. The molecule has 28 heavy (non-hydrogen) atoms. The molecule has 0 unspecified atom stereocenters. The van der Waals surface area contributed by atoms with Gasteiger partial charge in [-0.25, -0.2) is 4.98 Å². The summed E-state index contributed by atoms with van der Waals surface area (Å²) < 4.78 is 1.71. The van der Waals surface area contributed by atoms with Gasteiger partial charge in [0.2, 0.25) is 0 Å². The molecule has 2 aromatic heterocycles. The number of fused-ring (bicyclic) bond motifs is 2. The molecule has 0 spiro atoms. The molecule has 0 amide bonds. The van der Waals surface area contributed by atoms with E-state index in [-0.39, 0.29) is 5.56 Å². The van der Waals surface area contributed by atoms with Gasteiger partial charge in [0.15, 0.2) is 0 Å². The summed E-state index contributed by atoms with van der Waals surface area (Å²) in [4.78, 5) is 18.7. The summed E-state index contributed by atoms with van der Waals surface area (Å²) in [7, 11) is 0. The summed E-state index contributed by atoms with van der Waals surface area (Å²) in [6.07, 6.45) is 1.66. The Hall–Kier alpha value is -3.24. The van der Waals surface area contributed by atoms with E-state index in [0.717, 1.165) is 26.9 Å². The van der Waals surface area contributed by atoms with Gasteiger partial charge in [-0.15, -0.1) is 11.3 Å². The van der Waals surface area contributed by atoms with Gasteiger partial charge in [0.05, 0.1) is 18.3 Å². The van der Waals surface area contributed by atoms with Gasteiger partial charge < -0.3 is 0 Å². The summed E-state index contributed by atoms with van der Waals surface area (Å²) in [5.74, 6) is 0. The molecule has 0 saturated carbocycles. The van der Waals surface area contributed by atoms with Crippen LogP contribution in [0.15, 0.2) is 83.2 Å². The van der Waals surface area contributed by atoms with Crippen molar-refractivity contribution < 1.29 is 0 Å². The fourth-order valence-corrected chi connectivity index (χ4v) is 4.64. The molecule has 0 N–H and O–H groups in total. The lowest BCUT2D eigenvalue weighted by molar-refractivity contribution is 0.749. The smallest absolute Gasteiger partial charge is 0.263 e. The van der Waals surface area contributed by atoms with E-state index in [0.29, 0.717) is 11.9 Å². The number of hydrogen-bond acceptors (Lipinski definition) is 3. The van der Waals surface area contributed by atoms with Crippen LogP contribution in [0.5, 0.6) is 0 Å². The zero-order chi connectivity index (χ0) is 19.1. The lowest BCUT2D eigenvalue weighted by Crippen LogP contribution is -2.21. The minimum absolute atomic E-state index is 0.00990. The molecule has 0 radical (unpaired) electrons. The highest BCUT2D eigenvalue weighted by molar-refractivity contribution is 7.17. The van der Waals surface area contributed by atoms with Crippen LogP contribution in [0.2, 0.25) is 0 Å². The van der Waals surface area contributed by atoms with Crippen molar-refractivity contribution in [3.63, 3.8) is 0 Å². The van der Waals surface area contributed by atoms with Crippen molar-refractivity contribution in [2.45, 2.75) is 13.5 Å². The number of aromatic nitrogens is 2. The van der Waals surface area contributed by atoms with E-state index in [4.69, 9.17) is 0 Å². The summed E-state index contributed by atoms with van der Waals surface area (Å²) in [6, 6.07) is 22.7. The van der Waals surface area contributed by atoms with E-state index in [2.05, 4.69) is 53.7 Å². The SMILES string of the molecule is Cc1cccc(Cn2cnc3scc(-c4cccc5ccccc45)c3c2=O)c1. The monoisotopic (exact) mass is 382 g/mol. The first-order valence-corrected chi connectivity index (χ1v) is 10.1. The van der Waals surface area contributed by atoms with Crippen molar-refractivity contribution in [1.29, 1.82) is 0 Å². The van der Waals surface area contributed by atoms with Crippen LogP contribution in [0.25, 0.3) is 32.1 Å². The number of aryl methyl sites for hydroxylation is 1. The molecule has 0 bridgehead atoms. The number of nitrogens with zero attached hydrogens (tertiary/aromatic N) is 2. The van der Waals surface area contributed by atoms with E-state index in [1.54, 1.807) is 10.9 Å². The van der Waals surface area contributed by atoms with Crippen LogP contribution in [0.3, 0.4) is 0 Å². The van der Waals surface area contributed by atoms with Crippen LogP contribution in [0, 0.1) is 6.92 Å². The normalized spacial score (nSPS) is 11.3. The largest absolute Gasteiger partial charge is 0.294 e. The zero-order valence-corrected chi connectivity index (χ0v) is 16.2. The van der Waals surface area contributed by atoms with Crippen LogP contribution < -0.4 is 5.56 Å². The molecule has 3 aromatic carbocycles. The van der Waals surface area contributed by atoms with Crippen LogP contribution >= 0.6 is 11.3 Å². The molecule has 0 aliphatic carbocycles. The summed E-state index contributed by atoms with van der Waals surface area (Å²) in [6.45, 7) is 2.58. The Kier molecular flexibility index (Phi) is 4.06. The van der Waals surface area contributed by atoms with Crippen LogP contribution in [-0.2, 0) is 6.54 Å². The molecule has 0 saturated heterocycles. The highest BCUT2D eigenvalue weighted by Crippen LogP contribution is 2.35. The standard InChI is InChI=1S/C24H18N2OS/c1-16-6-4-7-17(12-16)13-26-15-25-23-22(24(26)27)21(14-28-23)20-11-5-9-18-8-2-3-10-19(18)20/h2-12,14-15H,13H2,1H3. The zero-order valence-electron chi connectivity index (χ0n) is 15.4. The number of benzene rings is 3. The first-order valence-electron chi connectivity index (χ1n) is 9.21. The summed E-state index contributed by atoms with van der Waals surface area (Å²) in [5, 5.41) is 5.08. The number of rotatable bonds is 3. The predicted octanol–water partition coefficient (Wildman–Crippen LogP) is 5.63. The van der Waals surface area contributed by atoms with Gasteiger partial charge in [0.1, 0.15) is 4.83 Å². The maximum atomic E-state index is 13.3. The van der Waals surface area contributed by atoms with Crippen molar-refractivity contribution in [3.8, 4) is 11.1 Å². The lowest BCUT2D eigenvalue weighted by Gasteiger charge is -2.08. The van der Waals surface area contributed by atoms with Crippen LogP contribution in [0.4, 0.5) is 0 Å². The molecule has 4 heteroatoms. The molecule has 0 aliphatic heterocycles. The summed E-state index contributed by atoms with van der Waals surface area (Å²) in [5.41, 5.74) is 4.34. The van der Waals surface area contributed by atoms with E-state index < -0.39 is 0 Å². The maximum Gasteiger partial charge on any atom is 0.263 e. The lowest BCUT2D eigenvalue weighted by atomic mass is 9.99. The van der Waals surface area contributed by atoms with E-state index in [9.17, 15) is 4.79 Å². The molecular formula is C24H18N2OS. The van der Waals surface area contributed by atoms with Gasteiger partial charge >= 0.3 is 0 Å². The van der Waals surface area contributed by atoms with Gasteiger partial charge in [0.25, 0.3) is 5.56 Å². The van der Waals surface area contributed by atoms with Crippen LogP contribution in [-0.4, -0.2) is 9.55 Å². The Morgan fingerprint density at radius 2 is 1.79 bits per heavy atom. The Bertz CT molecular complexity index is 1380.